The summed E-state index contributed by atoms with van der Waals surface area (Å²) in [5.41, 5.74) is 7.00. The maximum absolute atomic E-state index is 13.3. The van der Waals surface area contributed by atoms with Crippen LogP contribution in [-0.2, 0) is 6.42 Å². The molecule has 0 radical (unpaired) electrons. The van der Waals surface area contributed by atoms with Gasteiger partial charge in [0.2, 0.25) is 0 Å². The molecular weight excluding hydrogens is 189 g/mol. The smallest absolute Gasteiger partial charge is 0.127 e. The third-order valence-corrected chi connectivity index (χ3v) is 2.43. The van der Waals surface area contributed by atoms with Crippen LogP contribution in [0.15, 0.2) is 12.1 Å². The highest BCUT2D eigenvalue weighted by molar-refractivity contribution is 6.32. The second kappa shape index (κ2) is 4.07. The summed E-state index contributed by atoms with van der Waals surface area (Å²) >= 11 is 5.95. The van der Waals surface area contributed by atoms with Gasteiger partial charge in [-0.15, -0.1) is 0 Å². The number of hydrogen-bond donors (Lipinski definition) is 1. The number of rotatable bonds is 2. The van der Waals surface area contributed by atoms with Crippen molar-refractivity contribution in [1.82, 2.24) is 0 Å². The van der Waals surface area contributed by atoms with Crippen LogP contribution in [0.25, 0.3) is 0 Å². The minimum absolute atomic E-state index is 0.0752. The summed E-state index contributed by atoms with van der Waals surface area (Å²) < 4.78 is 13.3. The van der Waals surface area contributed by atoms with E-state index in [1.165, 1.54) is 6.07 Å². The Labute approximate surface area is 82.7 Å². The molecule has 0 aliphatic rings. The maximum Gasteiger partial charge on any atom is 0.127 e. The fraction of sp³-hybridized carbons (Fsp3) is 0.400. The van der Waals surface area contributed by atoms with Crippen molar-refractivity contribution in [3.63, 3.8) is 0 Å². The summed E-state index contributed by atoms with van der Waals surface area (Å²) in [5, 5.41) is 0.498. The molecule has 1 aromatic carbocycles. The van der Waals surface area contributed by atoms with E-state index in [4.69, 9.17) is 17.3 Å². The quantitative estimate of drug-likeness (QED) is 0.783. The lowest BCUT2D eigenvalue weighted by atomic mass is 10.0. The molecule has 0 bridgehead atoms. The average molecular weight is 202 g/mol. The molecule has 1 unspecified atom stereocenters. The van der Waals surface area contributed by atoms with Crippen molar-refractivity contribution in [3.05, 3.63) is 34.1 Å². The number of benzene rings is 1. The van der Waals surface area contributed by atoms with Crippen LogP contribution in [-0.4, -0.2) is 6.04 Å². The minimum Gasteiger partial charge on any atom is -0.328 e. The first-order valence-electron chi connectivity index (χ1n) is 4.21. The van der Waals surface area contributed by atoms with Crippen molar-refractivity contribution in [3.8, 4) is 0 Å². The van der Waals surface area contributed by atoms with Gasteiger partial charge < -0.3 is 5.73 Å². The molecule has 0 aliphatic heterocycles. The van der Waals surface area contributed by atoms with Crippen molar-refractivity contribution in [2.75, 3.05) is 0 Å². The number of nitrogens with two attached hydrogens (primary N) is 1. The second-order valence-electron chi connectivity index (χ2n) is 3.34. The molecule has 0 amide bonds. The van der Waals surface area contributed by atoms with Crippen molar-refractivity contribution < 1.29 is 4.39 Å². The van der Waals surface area contributed by atoms with E-state index in [0.29, 0.717) is 17.0 Å². The van der Waals surface area contributed by atoms with Crippen molar-refractivity contribution in [2.24, 2.45) is 5.73 Å². The van der Waals surface area contributed by atoms with Gasteiger partial charge in [0.25, 0.3) is 0 Å². The fourth-order valence-electron chi connectivity index (χ4n) is 1.22. The Morgan fingerprint density at radius 3 is 2.69 bits per heavy atom. The fourth-order valence-corrected chi connectivity index (χ4v) is 1.45. The van der Waals surface area contributed by atoms with E-state index in [0.717, 1.165) is 5.56 Å². The Hall–Kier alpha value is -0.600. The lowest BCUT2D eigenvalue weighted by Crippen LogP contribution is -2.19. The molecule has 0 spiro atoms. The number of aryl methyl sites for hydroxylation is 1. The molecule has 1 aromatic rings. The van der Waals surface area contributed by atoms with E-state index >= 15 is 0 Å². The van der Waals surface area contributed by atoms with Crippen LogP contribution in [0.3, 0.4) is 0 Å². The van der Waals surface area contributed by atoms with E-state index in [2.05, 4.69) is 0 Å². The van der Waals surface area contributed by atoms with Gasteiger partial charge in [0, 0.05) is 16.6 Å². The zero-order chi connectivity index (χ0) is 10.0. The van der Waals surface area contributed by atoms with Gasteiger partial charge >= 0.3 is 0 Å². The van der Waals surface area contributed by atoms with Crippen molar-refractivity contribution in [1.29, 1.82) is 0 Å². The molecule has 0 fully saturated rings. The van der Waals surface area contributed by atoms with Gasteiger partial charge in [0.15, 0.2) is 0 Å². The summed E-state index contributed by atoms with van der Waals surface area (Å²) in [5.74, 6) is -0.270. The standard InChI is InChI=1S/C10H13ClFN/c1-6-3-4-9(12)8(10(6)11)5-7(2)13/h3-4,7H,5,13H2,1-2H3. The predicted octanol–water partition coefficient (Wildman–Crippen LogP) is 2.68. The Morgan fingerprint density at radius 1 is 1.54 bits per heavy atom. The Balaban J connectivity index is 3.10. The molecule has 0 aliphatic carbocycles. The second-order valence-corrected chi connectivity index (χ2v) is 3.72. The molecule has 72 valence electrons. The van der Waals surface area contributed by atoms with Crippen molar-refractivity contribution in [2.45, 2.75) is 26.3 Å². The Kier molecular flexibility index (Phi) is 3.28. The lowest BCUT2D eigenvalue weighted by Gasteiger charge is -2.10. The van der Waals surface area contributed by atoms with Crippen LogP contribution in [0, 0.1) is 12.7 Å². The molecule has 1 rings (SSSR count). The molecule has 0 saturated carbocycles. The van der Waals surface area contributed by atoms with E-state index in [1.54, 1.807) is 6.07 Å². The SMILES string of the molecule is Cc1ccc(F)c(CC(C)N)c1Cl. The normalized spacial score (nSPS) is 13.0. The summed E-state index contributed by atoms with van der Waals surface area (Å²) in [6.45, 7) is 3.69. The lowest BCUT2D eigenvalue weighted by molar-refractivity contribution is 0.595. The summed E-state index contributed by atoms with van der Waals surface area (Å²) in [6.07, 6.45) is 0.479. The van der Waals surface area contributed by atoms with E-state index in [-0.39, 0.29) is 11.9 Å². The highest BCUT2D eigenvalue weighted by atomic mass is 35.5. The van der Waals surface area contributed by atoms with E-state index in [1.807, 2.05) is 13.8 Å². The third kappa shape index (κ3) is 2.42. The van der Waals surface area contributed by atoms with Crippen LogP contribution >= 0.6 is 11.6 Å². The number of hydrogen-bond acceptors (Lipinski definition) is 1. The third-order valence-electron chi connectivity index (χ3n) is 1.91. The molecule has 0 heterocycles. The number of halogens is 2. The van der Waals surface area contributed by atoms with Gasteiger partial charge in [-0.3, -0.25) is 0 Å². The summed E-state index contributed by atoms with van der Waals surface area (Å²) in [4.78, 5) is 0. The van der Waals surface area contributed by atoms with Crippen molar-refractivity contribution >= 4 is 11.6 Å². The maximum atomic E-state index is 13.3. The molecule has 1 nitrogen and oxygen atoms in total. The largest absolute Gasteiger partial charge is 0.328 e. The van der Waals surface area contributed by atoms with Gasteiger partial charge in [-0.05, 0) is 31.9 Å². The van der Waals surface area contributed by atoms with Crippen LogP contribution < -0.4 is 5.73 Å². The van der Waals surface area contributed by atoms with E-state index in [9.17, 15) is 4.39 Å². The average Bonchev–Trinajstić information content (AvgIpc) is 2.05. The predicted molar refractivity (Wildman–Crippen MR) is 53.5 cm³/mol. The monoisotopic (exact) mass is 201 g/mol. The molecule has 3 heteroatoms. The van der Waals surface area contributed by atoms with Gasteiger partial charge in [-0.1, -0.05) is 17.7 Å². The van der Waals surface area contributed by atoms with Gasteiger partial charge in [0.1, 0.15) is 5.82 Å². The highest BCUT2D eigenvalue weighted by Crippen LogP contribution is 2.24. The molecule has 13 heavy (non-hydrogen) atoms. The molecule has 1 atom stereocenters. The highest BCUT2D eigenvalue weighted by Gasteiger charge is 2.10. The molecule has 2 N–H and O–H groups in total. The first-order chi connectivity index (χ1) is 6.02. The van der Waals surface area contributed by atoms with Gasteiger partial charge in [-0.2, -0.15) is 0 Å². The van der Waals surface area contributed by atoms with Crippen LogP contribution in [0.2, 0.25) is 5.02 Å². The summed E-state index contributed by atoms with van der Waals surface area (Å²) in [7, 11) is 0. The molecule has 0 saturated heterocycles. The topological polar surface area (TPSA) is 26.0 Å². The van der Waals surface area contributed by atoms with Crippen LogP contribution in [0.4, 0.5) is 4.39 Å². The first kappa shape index (κ1) is 10.5. The van der Waals surface area contributed by atoms with Crippen LogP contribution in [0.1, 0.15) is 18.1 Å². The van der Waals surface area contributed by atoms with Gasteiger partial charge in [0.05, 0.1) is 0 Å². The molecular formula is C10H13ClFN. The molecule has 0 aromatic heterocycles. The first-order valence-corrected chi connectivity index (χ1v) is 4.59. The minimum atomic E-state index is -0.270. The Bertz CT molecular complexity index is 310. The van der Waals surface area contributed by atoms with E-state index < -0.39 is 0 Å². The Morgan fingerprint density at radius 2 is 2.15 bits per heavy atom. The zero-order valence-corrected chi connectivity index (χ0v) is 8.53. The van der Waals surface area contributed by atoms with Gasteiger partial charge in [-0.25, -0.2) is 4.39 Å². The van der Waals surface area contributed by atoms with Crippen LogP contribution in [0.5, 0.6) is 0 Å². The summed E-state index contributed by atoms with van der Waals surface area (Å²) in [6, 6.07) is 3.02. The zero-order valence-electron chi connectivity index (χ0n) is 7.77.